The van der Waals surface area contributed by atoms with Gasteiger partial charge in [0.2, 0.25) is 5.43 Å². The molecule has 5 heterocycles. The number of aromatic nitrogens is 1. The Hall–Kier alpha value is -5.14. The normalized spacial score (nSPS) is 17.8. The topological polar surface area (TPSA) is 124 Å². The molecule has 2 amide bonds. The second-order valence-electron chi connectivity index (χ2n) is 14.7. The van der Waals surface area contributed by atoms with E-state index >= 15 is 4.39 Å². The number of carbonyl (C=O) groups excluding carboxylic acids is 2. The van der Waals surface area contributed by atoms with Gasteiger partial charge in [-0.15, -0.1) is 0 Å². The van der Waals surface area contributed by atoms with Gasteiger partial charge in [0.05, 0.1) is 30.3 Å². The molecule has 272 valence electrons. The molecule has 0 aliphatic carbocycles. The van der Waals surface area contributed by atoms with E-state index in [0.717, 1.165) is 36.3 Å². The van der Waals surface area contributed by atoms with E-state index < -0.39 is 28.8 Å². The van der Waals surface area contributed by atoms with Crippen LogP contribution >= 0.6 is 0 Å². The number of nitrogens with zero attached hydrogens (tertiary/aromatic N) is 3. The minimum atomic E-state index is -0.668. The number of hydrogen-bond donors (Lipinski definition) is 2. The van der Waals surface area contributed by atoms with Gasteiger partial charge in [-0.1, -0.05) is 24.3 Å². The zero-order valence-corrected chi connectivity index (χ0v) is 29.6. The van der Waals surface area contributed by atoms with Gasteiger partial charge in [0.1, 0.15) is 34.7 Å². The Morgan fingerprint density at radius 3 is 2.65 bits per heavy atom. The van der Waals surface area contributed by atoms with Crippen LogP contribution in [0.4, 0.5) is 14.9 Å². The van der Waals surface area contributed by atoms with E-state index in [2.05, 4.69) is 15.5 Å². The number of benzene rings is 3. The number of alkyl carbamates (subject to hydrolysis) is 1. The van der Waals surface area contributed by atoms with Crippen LogP contribution in [0.5, 0.6) is 17.2 Å². The van der Waals surface area contributed by atoms with Crippen molar-refractivity contribution < 1.29 is 32.9 Å². The molecule has 8 rings (SSSR count). The highest BCUT2D eigenvalue weighted by molar-refractivity contribution is 6.01. The van der Waals surface area contributed by atoms with Gasteiger partial charge in [-0.05, 0) is 63.4 Å². The van der Waals surface area contributed by atoms with Crippen LogP contribution < -0.4 is 30.4 Å². The predicted molar refractivity (Wildman–Crippen MR) is 194 cm³/mol. The lowest BCUT2D eigenvalue weighted by atomic mass is 9.95. The second-order valence-corrected chi connectivity index (χ2v) is 14.7. The van der Waals surface area contributed by atoms with Crippen LogP contribution in [0.15, 0.2) is 53.5 Å². The van der Waals surface area contributed by atoms with E-state index in [9.17, 15) is 14.4 Å². The van der Waals surface area contributed by atoms with E-state index in [1.807, 2.05) is 35.2 Å². The number of carbonyl (C=O) groups is 2. The minimum absolute atomic E-state index is 0.0277. The van der Waals surface area contributed by atoms with E-state index in [0.29, 0.717) is 75.0 Å². The molecule has 52 heavy (non-hydrogen) atoms. The summed E-state index contributed by atoms with van der Waals surface area (Å²) in [4.78, 5) is 44.4. The largest absolute Gasteiger partial charge is 0.488 e. The summed E-state index contributed by atoms with van der Waals surface area (Å²) in [6, 6.07) is 12.6. The highest BCUT2D eigenvalue weighted by Crippen LogP contribution is 2.51. The van der Waals surface area contributed by atoms with Crippen LogP contribution in [0.3, 0.4) is 0 Å². The smallest absolute Gasteiger partial charge is 0.407 e. The molecular weight excluding hydrogens is 669 g/mol. The lowest BCUT2D eigenvalue weighted by Crippen LogP contribution is -2.40. The van der Waals surface area contributed by atoms with Crippen LogP contribution in [0.25, 0.3) is 27.7 Å². The lowest BCUT2D eigenvalue weighted by Gasteiger charge is -2.31. The fourth-order valence-electron chi connectivity index (χ4n) is 7.46. The summed E-state index contributed by atoms with van der Waals surface area (Å²) in [5.41, 5.74) is 2.64. The molecular formula is C39H42FN5O7. The summed E-state index contributed by atoms with van der Waals surface area (Å²) in [5.74, 6) is -0.0390. The number of ether oxygens (including phenoxy) is 4. The zero-order valence-electron chi connectivity index (χ0n) is 29.6. The first-order chi connectivity index (χ1) is 25.0. The average Bonchev–Trinajstić information content (AvgIpc) is 3.57. The van der Waals surface area contributed by atoms with Gasteiger partial charge in [0, 0.05) is 50.6 Å². The van der Waals surface area contributed by atoms with Crippen molar-refractivity contribution in [3.63, 3.8) is 0 Å². The molecule has 0 saturated carbocycles. The predicted octanol–water partition coefficient (Wildman–Crippen LogP) is 5.35. The molecule has 1 atom stereocenters. The van der Waals surface area contributed by atoms with Crippen molar-refractivity contribution in [1.29, 1.82) is 0 Å². The van der Waals surface area contributed by atoms with Crippen LogP contribution in [-0.4, -0.2) is 85.6 Å². The molecule has 2 N–H and O–H groups in total. The summed E-state index contributed by atoms with van der Waals surface area (Å²) in [5, 5.41) is 5.83. The van der Waals surface area contributed by atoms with Crippen molar-refractivity contribution in [2.45, 2.75) is 51.9 Å². The van der Waals surface area contributed by atoms with Crippen LogP contribution in [0, 0.1) is 5.82 Å². The summed E-state index contributed by atoms with van der Waals surface area (Å²) < 4.78 is 41.8. The van der Waals surface area contributed by atoms with Crippen LogP contribution in [0.2, 0.25) is 0 Å². The first-order valence-electron chi connectivity index (χ1n) is 17.9. The maximum atomic E-state index is 16.4. The Morgan fingerprint density at radius 2 is 1.85 bits per heavy atom. The lowest BCUT2D eigenvalue weighted by molar-refractivity contribution is 0.0374. The maximum absolute atomic E-state index is 16.4. The fourth-order valence-corrected chi connectivity index (χ4v) is 7.46. The number of morpholine rings is 1. The van der Waals surface area contributed by atoms with Crippen molar-refractivity contribution in [3.8, 4) is 34.1 Å². The Morgan fingerprint density at radius 1 is 1.04 bits per heavy atom. The Labute approximate surface area is 300 Å². The number of halogens is 1. The van der Waals surface area contributed by atoms with Crippen molar-refractivity contribution in [2.75, 3.05) is 57.4 Å². The molecule has 12 nitrogen and oxygen atoms in total. The Balaban J connectivity index is 1.18. The van der Waals surface area contributed by atoms with E-state index in [4.69, 9.17) is 18.9 Å². The van der Waals surface area contributed by atoms with Crippen LogP contribution in [-0.2, 0) is 16.1 Å². The molecule has 0 unspecified atom stereocenters. The van der Waals surface area contributed by atoms with E-state index in [1.165, 1.54) is 12.3 Å². The highest BCUT2D eigenvalue weighted by Gasteiger charge is 2.35. The number of nitrogens with one attached hydrogen (secondary N) is 2. The second kappa shape index (κ2) is 13.4. The monoisotopic (exact) mass is 711 g/mol. The third-order valence-corrected chi connectivity index (χ3v) is 9.90. The fraction of sp³-hybridized carbons (Fsp3) is 0.410. The first kappa shape index (κ1) is 34.0. The third kappa shape index (κ3) is 6.43. The standard InChI is InChI=1S/C39H42FN5O7/c1-39(2,3)52-38(48)42-24-9-12-44(20-24)34-29(40)17-27-33-36(34)51-32-19-31-26(25-8-5-4-7-23(25)22-50-31)18-30(32)45(33)21-28(35(27)46)37(47)41-10-6-11-43-13-15-49-16-14-43/h4-5,7-8,17-19,21,24H,6,9-16,20,22H2,1-3H3,(H,41,47)(H,42,48)/t24-/m0/s1. The van der Waals surface area contributed by atoms with Crippen LogP contribution in [0.1, 0.15) is 49.5 Å². The van der Waals surface area contributed by atoms with Gasteiger partial charge in [0.25, 0.3) is 5.91 Å². The van der Waals surface area contributed by atoms with Gasteiger partial charge in [-0.25, -0.2) is 9.18 Å². The van der Waals surface area contributed by atoms with Gasteiger partial charge in [-0.3, -0.25) is 14.5 Å². The number of pyridine rings is 1. The summed E-state index contributed by atoms with van der Waals surface area (Å²) in [7, 11) is 0. The van der Waals surface area contributed by atoms with Crippen molar-refractivity contribution in [1.82, 2.24) is 20.1 Å². The third-order valence-electron chi connectivity index (χ3n) is 9.90. The molecule has 3 aromatic carbocycles. The first-order valence-corrected chi connectivity index (χ1v) is 17.9. The maximum Gasteiger partial charge on any atom is 0.407 e. The van der Waals surface area contributed by atoms with E-state index in [-0.39, 0.29) is 28.4 Å². The quantitative estimate of drug-likeness (QED) is 0.215. The number of hydrogen-bond acceptors (Lipinski definition) is 9. The molecule has 13 heteroatoms. The van der Waals surface area contributed by atoms with Gasteiger partial charge >= 0.3 is 6.09 Å². The molecule has 2 saturated heterocycles. The molecule has 4 aliphatic heterocycles. The van der Waals surface area contributed by atoms with Gasteiger partial charge in [0.15, 0.2) is 17.3 Å². The molecule has 4 aliphatic rings. The SMILES string of the molecule is CC(C)(C)OC(=O)N[C@H]1CCN(c2c(F)cc3c(=O)c(C(=O)NCCCN4CCOCC4)cn4c3c2Oc2cc3c(cc2-4)-c2ccccc2CO3)C1. The number of anilines is 1. The van der Waals surface area contributed by atoms with Crippen molar-refractivity contribution >= 4 is 28.6 Å². The zero-order chi connectivity index (χ0) is 36.1. The molecule has 4 aromatic rings. The highest BCUT2D eigenvalue weighted by atomic mass is 19.1. The van der Waals surface area contributed by atoms with Gasteiger partial charge in [-0.2, -0.15) is 0 Å². The minimum Gasteiger partial charge on any atom is -0.488 e. The number of fused-ring (bicyclic) bond motifs is 5. The number of rotatable bonds is 7. The average molecular weight is 712 g/mol. The Kier molecular flexibility index (Phi) is 8.78. The summed E-state index contributed by atoms with van der Waals surface area (Å²) >= 11 is 0. The summed E-state index contributed by atoms with van der Waals surface area (Å²) in [6.45, 7) is 10.7. The van der Waals surface area contributed by atoms with Crippen molar-refractivity contribution in [2.24, 2.45) is 0 Å². The molecule has 0 bridgehead atoms. The van der Waals surface area contributed by atoms with Crippen molar-refractivity contribution in [3.05, 3.63) is 75.8 Å². The summed E-state index contributed by atoms with van der Waals surface area (Å²) in [6.07, 6.45) is 2.24. The van der Waals surface area contributed by atoms with Gasteiger partial charge < -0.3 is 39.0 Å². The number of amides is 2. The molecule has 0 spiro atoms. The molecule has 0 radical (unpaired) electrons. The molecule has 2 fully saturated rings. The Bertz CT molecular complexity index is 2140. The van der Waals surface area contributed by atoms with E-state index in [1.54, 1.807) is 31.4 Å². The molecule has 1 aromatic heterocycles.